The van der Waals surface area contributed by atoms with E-state index >= 15 is 0 Å². The first-order valence-corrected chi connectivity index (χ1v) is 5.01. The number of carbonyl (C=O) groups excluding carboxylic acids is 1. The number of hydrogen-bond acceptors (Lipinski definition) is 4. The summed E-state index contributed by atoms with van der Waals surface area (Å²) in [6.45, 7) is 3.48. The number of nitrogens with one attached hydrogen (secondary N) is 1. The van der Waals surface area contributed by atoms with Gasteiger partial charge in [0.25, 0.3) is 0 Å². The van der Waals surface area contributed by atoms with Crippen molar-refractivity contribution < 1.29 is 27.4 Å². The van der Waals surface area contributed by atoms with Crippen molar-refractivity contribution in [1.29, 1.82) is 0 Å². The normalized spacial score (nSPS) is 11.5. The molecule has 0 aliphatic carbocycles. The Kier molecular flexibility index (Phi) is 7.92. The van der Waals surface area contributed by atoms with E-state index in [0.29, 0.717) is 13.2 Å². The molecule has 16 heavy (non-hydrogen) atoms. The minimum Gasteiger partial charge on any atom is -0.457 e. The van der Waals surface area contributed by atoms with Gasteiger partial charge in [-0.3, -0.25) is 0 Å². The van der Waals surface area contributed by atoms with Gasteiger partial charge in [-0.2, -0.15) is 13.2 Å². The molecule has 0 amide bonds. The molecule has 0 unspecified atom stereocenters. The largest absolute Gasteiger partial charge is 0.490 e. The summed E-state index contributed by atoms with van der Waals surface area (Å²) in [7, 11) is 0. The van der Waals surface area contributed by atoms with Gasteiger partial charge in [-0.25, -0.2) is 4.79 Å². The minimum absolute atomic E-state index is 0.0321. The van der Waals surface area contributed by atoms with E-state index in [1.54, 1.807) is 0 Å². The van der Waals surface area contributed by atoms with Crippen LogP contribution in [0, 0.1) is 0 Å². The number of alkyl halides is 3. The maximum atomic E-state index is 11.6. The van der Waals surface area contributed by atoms with Gasteiger partial charge in [0.15, 0.2) is 0 Å². The summed E-state index contributed by atoms with van der Waals surface area (Å²) >= 11 is 0. The first-order valence-electron chi connectivity index (χ1n) is 5.01. The fourth-order valence-corrected chi connectivity index (χ4v) is 0.823. The van der Waals surface area contributed by atoms with Gasteiger partial charge in [-0.05, 0) is 13.0 Å². The van der Waals surface area contributed by atoms with Crippen LogP contribution in [0.2, 0.25) is 0 Å². The third kappa shape index (κ3) is 8.49. The molecule has 0 bridgehead atoms. The highest BCUT2D eigenvalue weighted by molar-refractivity contribution is 5.75. The Hall–Kier alpha value is -0.820. The molecule has 0 aromatic heterocycles. The Morgan fingerprint density at radius 2 is 1.88 bits per heavy atom. The van der Waals surface area contributed by atoms with Crippen molar-refractivity contribution in [2.45, 2.75) is 19.5 Å². The molecule has 0 fully saturated rings. The number of rotatable bonds is 8. The average Bonchev–Trinajstić information content (AvgIpc) is 2.20. The van der Waals surface area contributed by atoms with Crippen LogP contribution < -0.4 is 5.32 Å². The summed E-state index contributed by atoms with van der Waals surface area (Å²) in [5.74, 6) is -2.18. The molecule has 1 N–H and O–H groups in total. The van der Waals surface area contributed by atoms with Gasteiger partial charge in [0.05, 0.1) is 13.2 Å². The van der Waals surface area contributed by atoms with E-state index in [-0.39, 0.29) is 13.2 Å². The minimum atomic E-state index is -4.93. The highest BCUT2D eigenvalue weighted by Gasteiger charge is 2.40. The number of halogens is 3. The molecule has 0 spiro atoms. The summed E-state index contributed by atoms with van der Waals surface area (Å²) in [5.41, 5.74) is 0. The van der Waals surface area contributed by atoms with E-state index in [1.165, 1.54) is 0 Å². The zero-order chi connectivity index (χ0) is 12.4. The van der Waals surface area contributed by atoms with Gasteiger partial charge in [0.1, 0.15) is 6.61 Å². The van der Waals surface area contributed by atoms with Gasteiger partial charge >= 0.3 is 12.1 Å². The molecule has 4 nitrogen and oxygen atoms in total. The van der Waals surface area contributed by atoms with Gasteiger partial charge in [-0.1, -0.05) is 6.92 Å². The first-order chi connectivity index (χ1) is 7.48. The smallest absolute Gasteiger partial charge is 0.457 e. The van der Waals surface area contributed by atoms with Crippen LogP contribution in [0.1, 0.15) is 13.3 Å². The van der Waals surface area contributed by atoms with Crippen LogP contribution in [0.25, 0.3) is 0 Å². The third-order valence-electron chi connectivity index (χ3n) is 1.54. The Morgan fingerprint density at radius 1 is 1.19 bits per heavy atom. The second-order valence-corrected chi connectivity index (χ2v) is 3.00. The molecule has 0 aliphatic heterocycles. The highest BCUT2D eigenvalue weighted by atomic mass is 19.4. The molecule has 0 saturated heterocycles. The number of ether oxygens (including phenoxy) is 2. The van der Waals surface area contributed by atoms with E-state index in [4.69, 9.17) is 4.74 Å². The van der Waals surface area contributed by atoms with Gasteiger partial charge < -0.3 is 14.8 Å². The summed E-state index contributed by atoms with van der Waals surface area (Å²) in [5, 5.41) is 3.05. The van der Waals surface area contributed by atoms with E-state index < -0.39 is 12.1 Å². The lowest BCUT2D eigenvalue weighted by Gasteiger charge is -2.08. The van der Waals surface area contributed by atoms with Gasteiger partial charge in [0, 0.05) is 6.54 Å². The zero-order valence-electron chi connectivity index (χ0n) is 9.10. The van der Waals surface area contributed by atoms with Crippen LogP contribution in [0.15, 0.2) is 0 Å². The van der Waals surface area contributed by atoms with Gasteiger partial charge in [-0.15, -0.1) is 0 Å². The van der Waals surface area contributed by atoms with Crippen molar-refractivity contribution >= 4 is 5.97 Å². The molecule has 0 heterocycles. The van der Waals surface area contributed by atoms with Crippen molar-refractivity contribution in [3.63, 3.8) is 0 Å². The van der Waals surface area contributed by atoms with Crippen LogP contribution in [0.3, 0.4) is 0 Å². The maximum Gasteiger partial charge on any atom is 0.490 e. The summed E-state index contributed by atoms with van der Waals surface area (Å²) in [4.78, 5) is 10.2. The van der Waals surface area contributed by atoms with Crippen LogP contribution in [-0.4, -0.2) is 45.1 Å². The van der Waals surface area contributed by atoms with Crippen LogP contribution in [0.4, 0.5) is 13.2 Å². The number of esters is 1. The molecule has 0 rings (SSSR count). The maximum absolute atomic E-state index is 11.6. The Morgan fingerprint density at radius 3 is 2.44 bits per heavy atom. The molecular weight excluding hydrogens is 227 g/mol. The predicted octanol–water partition coefficient (Wildman–Crippen LogP) is 1.11. The van der Waals surface area contributed by atoms with Crippen LogP contribution in [-0.2, 0) is 14.3 Å². The van der Waals surface area contributed by atoms with Crippen molar-refractivity contribution in [3.05, 3.63) is 0 Å². The summed E-state index contributed by atoms with van der Waals surface area (Å²) in [6.07, 6.45) is -3.92. The van der Waals surface area contributed by atoms with Crippen molar-refractivity contribution in [3.8, 4) is 0 Å². The third-order valence-corrected chi connectivity index (χ3v) is 1.54. The SMILES string of the molecule is CCCNCCOCCOC(=O)C(F)(F)F. The Balaban J connectivity index is 3.25. The molecule has 96 valence electrons. The molecule has 7 heteroatoms. The predicted molar refractivity (Wildman–Crippen MR) is 51.0 cm³/mol. The molecule has 0 aliphatic rings. The monoisotopic (exact) mass is 243 g/mol. The topological polar surface area (TPSA) is 47.6 Å². The van der Waals surface area contributed by atoms with Crippen LogP contribution in [0.5, 0.6) is 0 Å². The van der Waals surface area contributed by atoms with Crippen molar-refractivity contribution in [2.24, 2.45) is 0 Å². The fourth-order valence-electron chi connectivity index (χ4n) is 0.823. The standard InChI is InChI=1S/C9H16F3NO3/c1-2-3-13-4-5-15-6-7-16-8(14)9(10,11)12/h13H,2-7H2,1H3. The van der Waals surface area contributed by atoms with Gasteiger partial charge in [0.2, 0.25) is 0 Å². The molecule has 0 saturated carbocycles. The lowest BCUT2D eigenvalue weighted by Crippen LogP contribution is -2.27. The van der Waals surface area contributed by atoms with E-state index in [0.717, 1.165) is 13.0 Å². The lowest BCUT2D eigenvalue weighted by atomic mass is 10.5. The average molecular weight is 243 g/mol. The number of carbonyl (C=O) groups is 1. The first kappa shape index (κ1) is 15.2. The highest BCUT2D eigenvalue weighted by Crippen LogP contribution is 2.15. The van der Waals surface area contributed by atoms with Crippen molar-refractivity contribution in [2.75, 3.05) is 32.9 Å². The molecule has 0 aromatic carbocycles. The van der Waals surface area contributed by atoms with E-state index in [9.17, 15) is 18.0 Å². The molecule has 0 atom stereocenters. The fraction of sp³-hybridized carbons (Fsp3) is 0.889. The van der Waals surface area contributed by atoms with E-state index in [2.05, 4.69) is 10.1 Å². The van der Waals surface area contributed by atoms with E-state index in [1.807, 2.05) is 6.92 Å². The summed E-state index contributed by atoms with van der Waals surface area (Å²) in [6, 6.07) is 0. The molecule has 0 aromatic rings. The Labute approximate surface area is 92.1 Å². The number of hydrogen-bond donors (Lipinski definition) is 1. The molecule has 0 radical (unpaired) electrons. The lowest BCUT2D eigenvalue weighted by molar-refractivity contribution is -0.200. The summed E-state index contributed by atoms with van der Waals surface area (Å²) < 4.78 is 43.8. The van der Waals surface area contributed by atoms with Crippen LogP contribution >= 0.6 is 0 Å². The van der Waals surface area contributed by atoms with Crippen molar-refractivity contribution in [1.82, 2.24) is 5.32 Å². The second kappa shape index (κ2) is 8.35. The molecular formula is C9H16F3NO3. The second-order valence-electron chi connectivity index (χ2n) is 3.00. The Bertz CT molecular complexity index is 197. The quantitative estimate of drug-likeness (QED) is 0.512. The zero-order valence-corrected chi connectivity index (χ0v) is 9.10.